The maximum Gasteiger partial charge on any atom is 0.245 e. The number of rotatable bonds is 4. The van der Waals surface area contributed by atoms with Crippen LogP contribution in [0.2, 0.25) is 5.02 Å². The average molecular weight is 310 g/mol. The summed E-state index contributed by atoms with van der Waals surface area (Å²) in [5, 5.41) is 3.35. The summed E-state index contributed by atoms with van der Waals surface area (Å²) in [5.74, 6) is 0.225. The summed E-state index contributed by atoms with van der Waals surface area (Å²) in [5.41, 5.74) is 0.845. The largest absolute Gasteiger partial charge is 0.344 e. The standard InChI is InChI=1S/C15H20ClN3O2/c1-10(2)7-13-15(21)19(6-4-14(20)18-13)9-11-3-5-17-8-12(11)16/h3,5,8,10,13H,4,6-7,9H2,1-2H3,(H,18,20). The average Bonchev–Trinajstić information content (AvgIpc) is 2.54. The van der Waals surface area contributed by atoms with E-state index in [1.165, 1.54) is 0 Å². The molecular formula is C15H20ClN3O2. The smallest absolute Gasteiger partial charge is 0.245 e. The van der Waals surface area contributed by atoms with Crippen LogP contribution in [0.25, 0.3) is 0 Å². The van der Waals surface area contributed by atoms with E-state index in [9.17, 15) is 9.59 Å². The van der Waals surface area contributed by atoms with E-state index in [1.807, 2.05) is 13.8 Å². The quantitative estimate of drug-likeness (QED) is 0.925. The Bertz CT molecular complexity index is 533. The minimum absolute atomic E-state index is 0.0394. The summed E-state index contributed by atoms with van der Waals surface area (Å²) in [6.45, 7) is 4.89. The number of carbonyl (C=O) groups is 2. The number of nitrogens with one attached hydrogen (secondary N) is 1. The van der Waals surface area contributed by atoms with Crippen LogP contribution in [0.15, 0.2) is 18.5 Å². The van der Waals surface area contributed by atoms with Gasteiger partial charge >= 0.3 is 0 Å². The van der Waals surface area contributed by atoms with E-state index in [4.69, 9.17) is 11.6 Å². The van der Waals surface area contributed by atoms with Crippen molar-refractivity contribution in [1.29, 1.82) is 0 Å². The van der Waals surface area contributed by atoms with Gasteiger partial charge in [0.15, 0.2) is 0 Å². The molecule has 1 fully saturated rings. The summed E-state index contributed by atoms with van der Waals surface area (Å²) < 4.78 is 0. The van der Waals surface area contributed by atoms with E-state index in [0.717, 1.165) is 5.56 Å². The van der Waals surface area contributed by atoms with Gasteiger partial charge in [0.2, 0.25) is 11.8 Å². The summed E-state index contributed by atoms with van der Waals surface area (Å²) in [7, 11) is 0. The van der Waals surface area contributed by atoms with Gasteiger partial charge in [-0.2, -0.15) is 0 Å². The molecule has 0 aliphatic carbocycles. The molecule has 0 saturated carbocycles. The zero-order valence-electron chi connectivity index (χ0n) is 12.3. The number of pyridine rings is 1. The summed E-state index contributed by atoms with van der Waals surface area (Å²) >= 11 is 6.10. The molecule has 2 amide bonds. The minimum atomic E-state index is -0.444. The Hall–Kier alpha value is -1.62. The van der Waals surface area contributed by atoms with Gasteiger partial charge in [0.05, 0.1) is 5.02 Å². The van der Waals surface area contributed by atoms with Gasteiger partial charge in [-0.3, -0.25) is 14.6 Å². The highest BCUT2D eigenvalue weighted by Gasteiger charge is 2.30. The molecular weight excluding hydrogens is 290 g/mol. The Morgan fingerprint density at radius 2 is 2.24 bits per heavy atom. The molecule has 6 heteroatoms. The predicted molar refractivity (Wildman–Crippen MR) is 80.7 cm³/mol. The zero-order valence-corrected chi connectivity index (χ0v) is 13.1. The lowest BCUT2D eigenvalue weighted by atomic mass is 10.0. The monoisotopic (exact) mass is 309 g/mol. The molecule has 0 bridgehead atoms. The normalized spacial score (nSPS) is 19.6. The fourth-order valence-corrected chi connectivity index (χ4v) is 2.60. The van der Waals surface area contributed by atoms with Crippen molar-refractivity contribution in [2.75, 3.05) is 6.54 Å². The van der Waals surface area contributed by atoms with E-state index in [1.54, 1.807) is 23.4 Å². The van der Waals surface area contributed by atoms with Gasteiger partial charge in [-0.25, -0.2) is 0 Å². The van der Waals surface area contributed by atoms with Gasteiger partial charge in [0, 0.05) is 31.9 Å². The molecule has 21 heavy (non-hydrogen) atoms. The van der Waals surface area contributed by atoms with Crippen molar-refractivity contribution in [2.45, 2.75) is 39.3 Å². The molecule has 1 N–H and O–H groups in total. The number of amides is 2. The number of carbonyl (C=O) groups excluding carboxylic acids is 2. The summed E-state index contributed by atoms with van der Waals surface area (Å²) in [6, 6.07) is 1.35. The topological polar surface area (TPSA) is 62.3 Å². The number of nitrogens with zero attached hydrogens (tertiary/aromatic N) is 2. The van der Waals surface area contributed by atoms with Crippen molar-refractivity contribution in [3.63, 3.8) is 0 Å². The van der Waals surface area contributed by atoms with E-state index >= 15 is 0 Å². The minimum Gasteiger partial charge on any atom is -0.344 e. The van der Waals surface area contributed by atoms with Gasteiger partial charge in [0.25, 0.3) is 0 Å². The van der Waals surface area contributed by atoms with Crippen LogP contribution in [0.4, 0.5) is 0 Å². The highest BCUT2D eigenvalue weighted by molar-refractivity contribution is 6.31. The van der Waals surface area contributed by atoms with Crippen LogP contribution in [0.3, 0.4) is 0 Å². The van der Waals surface area contributed by atoms with Crippen LogP contribution in [0.1, 0.15) is 32.3 Å². The van der Waals surface area contributed by atoms with Crippen LogP contribution in [0, 0.1) is 5.92 Å². The van der Waals surface area contributed by atoms with Crippen LogP contribution < -0.4 is 5.32 Å². The van der Waals surface area contributed by atoms with E-state index in [0.29, 0.717) is 36.9 Å². The molecule has 0 spiro atoms. The van der Waals surface area contributed by atoms with Crippen LogP contribution in [0.5, 0.6) is 0 Å². The molecule has 1 aromatic heterocycles. The molecule has 2 rings (SSSR count). The maximum atomic E-state index is 12.6. The first-order chi connectivity index (χ1) is 9.97. The maximum absolute atomic E-state index is 12.6. The molecule has 5 nitrogen and oxygen atoms in total. The second-order valence-electron chi connectivity index (χ2n) is 5.73. The number of hydrogen-bond donors (Lipinski definition) is 1. The summed E-state index contributed by atoms with van der Waals surface area (Å²) in [6.07, 6.45) is 4.18. The first-order valence-corrected chi connectivity index (χ1v) is 7.51. The van der Waals surface area contributed by atoms with Crippen LogP contribution in [-0.2, 0) is 16.1 Å². The van der Waals surface area contributed by atoms with Crippen molar-refractivity contribution in [3.8, 4) is 0 Å². The van der Waals surface area contributed by atoms with E-state index in [2.05, 4.69) is 10.3 Å². The van der Waals surface area contributed by atoms with Crippen LogP contribution >= 0.6 is 11.6 Å². The summed E-state index contributed by atoms with van der Waals surface area (Å²) in [4.78, 5) is 30.0. The van der Waals surface area contributed by atoms with Gasteiger partial charge < -0.3 is 10.2 Å². The highest BCUT2D eigenvalue weighted by Crippen LogP contribution is 2.19. The second-order valence-corrected chi connectivity index (χ2v) is 6.13. The molecule has 1 aromatic rings. The van der Waals surface area contributed by atoms with Gasteiger partial charge in [-0.15, -0.1) is 0 Å². The molecule has 114 valence electrons. The first kappa shape index (κ1) is 15.8. The molecule has 0 aromatic carbocycles. The molecule has 1 atom stereocenters. The molecule has 0 radical (unpaired) electrons. The Morgan fingerprint density at radius 3 is 2.90 bits per heavy atom. The lowest BCUT2D eigenvalue weighted by Crippen LogP contribution is -2.45. The molecule has 1 aliphatic rings. The molecule has 1 unspecified atom stereocenters. The van der Waals surface area contributed by atoms with E-state index in [-0.39, 0.29) is 11.8 Å². The van der Waals surface area contributed by atoms with Gasteiger partial charge in [-0.05, 0) is 24.0 Å². The fraction of sp³-hybridized carbons (Fsp3) is 0.533. The lowest BCUT2D eigenvalue weighted by molar-refractivity contribution is -0.134. The highest BCUT2D eigenvalue weighted by atomic mass is 35.5. The van der Waals surface area contributed by atoms with Crippen molar-refractivity contribution < 1.29 is 9.59 Å². The predicted octanol–water partition coefficient (Wildman–Crippen LogP) is 2.00. The zero-order chi connectivity index (χ0) is 15.4. The molecule has 2 heterocycles. The third kappa shape index (κ3) is 4.17. The Balaban J connectivity index is 2.15. The van der Waals surface area contributed by atoms with Crippen LogP contribution in [-0.4, -0.2) is 34.3 Å². The Morgan fingerprint density at radius 1 is 1.48 bits per heavy atom. The fourth-order valence-electron chi connectivity index (χ4n) is 2.42. The number of aromatic nitrogens is 1. The van der Waals surface area contributed by atoms with Crippen molar-refractivity contribution in [2.24, 2.45) is 5.92 Å². The lowest BCUT2D eigenvalue weighted by Gasteiger charge is -2.25. The third-order valence-electron chi connectivity index (χ3n) is 3.48. The van der Waals surface area contributed by atoms with Gasteiger partial charge in [0.1, 0.15) is 6.04 Å². The Labute approximate surface area is 129 Å². The van der Waals surface area contributed by atoms with Gasteiger partial charge in [-0.1, -0.05) is 25.4 Å². The Kier molecular flexibility index (Phi) is 5.17. The third-order valence-corrected chi connectivity index (χ3v) is 3.82. The SMILES string of the molecule is CC(C)CC1NC(=O)CCN(Cc2ccncc2Cl)C1=O. The first-order valence-electron chi connectivity index (χ1n) is 7.14. The molecule has 1 aliphatic heterocycles. The van der Waals surface area contributed by atoms with Crippen molar-refractivity contribution in [3.05, 3.63) is 29.0 Å². The van der Waals surface area contributed by atoms with E-state index < -0.39 is 6.04 Å². The number of hydrogen-bond acceptors (Lipinski definition) is 3. The van der Waals surface area contributed by atoms with Crippen molar-refractivity contribution >= 4 is 23.4 Å². The second kappa shape index (κ2) is 6.89. The van der Waals surface area contributed by atoms with Crippen molar-refractivity contribution in [1.82, 2.24) is 15.2 Å². The molecule has 1 saturated heterocycles. The number of halogens is 1.